The van der Waals surface area contributed by atoms with E-state index >= 15 is 0 Å². The molecule has 4 nitrogen and oxygen atoms in total. The number of benzene rings is 1. The fraction of sp³-hybridized carbons (Fsp3) is 0.333. The van der Waals surface area contributed by atoms with Crippen LogP contribution in [0.2, 0.25) is 0 Å². The Morgan fingerprint density at radius 1 is 1.47 bits per heavy atom. The average molecular weight is 298 g/mol. The van der Waals surface area contributed by atoms with Crippen molar-refractivity contribution in [3.8, 4) is 0 Å². The van der Waals surface area contributed by atoms with Gasteiger partial charge >= 0.3 is 5.97 Å². The number of hydrogen-bond donors (Lipinski definition) is 1. The van der Waals surface area contributed by atoms with E-state index in [0.717, 1.165) is 22.1 Å². The first-order valence-corrected chi connectivity index (χ1v) is 6.12. The molecule has 0 bridgehead atoms. The summed E-state index contributed by atoms with van der Waals surface area (Å²) in [4.78, 5) is 24.3. The van der Waals surface area contributed by atoms with E-state index in [0.29, 0.717) is 6.54 Å². The first-order valence-electron chi connectivity index (χ1n) is 5.33. The Morgan fingerprint density at radius 2 is 2.18 bits per heavy atom. The van der Waals surface area contributed by atoms with Crippen molar-refractivity contribution in [2.45, 2.75) is 13.3 Å². The number of carbonyl (C=O) groups excluding carboxylic acids is 1. The van der Waals surface area contributed by atoms with Crippen LogP contribution in [0.4, 0.5) is 5.69 Å². The smallest absolute Gasteiger partial charge is 0.315 e. The van der Waals surface area contributed by atoms with Gasteiger partial charge in [0.25, 0.3) is 0 Å². The minimum absolute atomic E-state index is 0.349. The molecule has 0 saturated heterocycles. The third-order valence-corrected chi connectivity index (χ3v) is 3.44. The van der Waals surface area contributed by atoms with Crippen LogP contribution in [-0.2, 0) is 16.0 Å². The summed E-state index contributed by atoms with van der Waals surface area (Å²) >= 11 is 3.38. The predicted octanol–water partition coefficient (Wildman–Crippen LogP) is 2.06. The molecule has 1 amide bonds. The van der Waals surface area contributed by atoms with Gasteiger partial charge in [0, 0.05) is 16.7 Å². The number of anilines is 1. The van der Waals surface area contributed by atoms with Crippen molar-refractivity contribution in [2.75, 3.05) is 11.4 Å². The number of carboxylic acid groups (broad SMARTS) is 1. The number of aliphatic carboxylic acids is 1. The maximum atomic E-state index is 12.0. The van der Waals surface area contributed by atoms with E-state index in [1.807, 2.05) is 18.2 Å². The maximum Gasteiger partial charge on any atom is 0.315 e. The average Bonchev–Trinajstić information content (AvgIpc) is 2.69. The lowest BCUT2D eigenvalue weighted by Crippen LogP contribution is -2.37. The van der Waals surface area contributed by atoms with Crippen LogP contribution >= 0.6 is 15.9 Å². The van der Waals surface area contributed by atoms with Crippen molar-refractivity contribution in [1.82, 2.24) is 0 Å². The van der Waals surface area contributed by atoms with Gasteiger partial charge in [-0.3, -0.25) is 9.59 Å². The lowest BCUT2D eigenvalue weighted by atomic mass is 10.1. The van der Waals surface area contributed by atoms with E-state index < -0.39 is 11.9 Å². The molecule has 90 valence electrons. The molecule has 1 atom stereocenters. The molecule has 1 N–H and O–H groups in total. The largest absolute Gasteiger partial charge is 0.481 e. The van der Waals surface area contributed by atoms with Crippen LogP contribution in [0.5, 0.6) is 0 Å². The highest BCUT2D eigenvalue weighted by atomic mass is 79.9. The molecule has 0 aromatic heterocycles. The molecule has 1 aliphatic rings. The number of halogens is 1. The first kappa shape index (κ1) is 12.1. The van der Waals surface area contributed by atoms with E-state index in [4.69, 9.17) is 5.11 Å². The third kappa shape index (κ3) is 2.20. The molecule has 0 fully saturated rings. The molecule has 17 heavy (non-hydrogen) atoms. The molecule has 1 unspecified atom stereocenters. The molecule has 1 aliphatic heterocycles. The van der Waals surface area contributed by atoms with Crippen molar-refractivity contribution < 1.29 is 14.7 Å². The normalized spacial score (nSPS) is 15.5. The van der Waals surface area contributed by atoms with Gasteiger partial charge < -0.3 is 10.0 Å². The highest BCUT2D eigenvalue weighted by molar-refractivity contribution is 9.10. The molecule has 0 aliphatic carbocycles. The zero-order chi connectivity index (χ0) is 12.6. The van der Waals surface area contributed by atoms with Crippen LogP contribution in [-0.4, -0.2) is 23.5 Å². The summed E-state index contributed by atoms with van der Waals surface area (Å²) in [6.45, 7) is 1.98. The van der Waals surface area contributed by atoms with Gasteiger partial charge in [-0.1, -0.05) is 15.9 Å². The molecule has 0 radical (unpaired) electrons. The lowest BCUT2D eigenvalue weighted by molar-refractivity contribution is -0.145. The number of hydrogen-bond acceptors (Lipinski definition) is 2. The Kier molecular flexibility index (Phi) is 3.19. The second-order valence-corrected chi connectivity index (χ2v) is 4.99. The molecular formula is C12H12BrNO3. The van der Waals surface area contributed by atoms with Crippen LogP contribution in [0.1, 0.15) is 12.5 Å². The summed E-state index contributed by atoms with van der Waals surface area (Å²) in [6.07, 6.45) is 0.771. The minimum Gasteiger partial charge on any atom is -0.481 e. The number of carbonyl (C=O) groups is 2. The summed E-state index contributed by atoms with van der Waals surface area (Å²) in [5.41, 5.74) is 1.90. The third-order valence-electron chi connectivity index (χ3n) is 2.94. The van der Waals surface area contributed by atoms with Gasteiger partial charge in [-0.15, -0.1) is 0 Å². The van der Waals surface area contributed by atoms with E-state index in [1.54, 1.807) is 4.90 Å². The zero-order valence-corrected chi connectivity index (χ0v) is 10.9. The van der Waals surface area contributed by atoms with E-state index in [-0.39, 0.29) is 5.91 Å². The monoisotopic (exact) mass is 297 g/mol. The highest BCUT2D eigenvalue weighted by Crippen LogP contribution is 2.31. The topological polar surface area (TPSA) is 57.6 Å². The summed E-state index contributed by atoms with van der Waals surface area (Å²) in [7, 11) is 0. The van der Waals surface area contributed by atoms with Crippen LogP contribution in [0.15, 0.2) is 22.7 Å². The van der Waals surface area contributed by atoms with Crippen molar-refractivity contribution >= 4 is 33.5 Å². The Balaban J connectivity index is 2.28. The Morgan fingerprint density at radius 3 is 2.82 bits per heavy atom. The van der Waals surface area contributed by atoms with Crippen LogP contribution in [0.3, 0.4) is 0 Å². The minimum atomic E-state index is -1.08. The first-order chi connectivity index (χ1) is 8.00. The highest BCUT2D eigenvalue weighted by Gasteiger charge is 2.31. The maximum absolute atomic E-state index is 12.0. The van der Waals surface area contributed by atoms with E-state index in [2.05, 4.69) is 15.9 Å². The molecule has 0 saturated carbocycles. The molecule has 1 aromatic rings. The van der Waals surface area contributed by atoms with Crippen LogP contribution < -0.4 is 4.90 Å². The van der Waals surface area contributed by atoms with E-state index in [1.165, 1.54) is 6.92 Å². The van der Waals surface area contributed by atoms with Gasteiger partial charge in [0.15, 0.2) is 0 Å². The quantitative estimate of drug-likeness (QED) is 0.850. The van der Waals surface area contributed by atoms with Gasteiger partial charge in [-0.05, 0) is 37.1 Å². The predicted molar refractivity (Wildman–Crippen MR) is 67.0 cm³/mol. The van der Waals surface area contributed by atoms with Crippen molar-refractivity contribution in [1.29, 1.82) is 0 Å². The van der Waals surface area contributed by atoms with Gasteiger partial charge in [0.2, 0.25) is 5.91 Å². The van der Waals surface area contributed by atoms with E-state index in [9.17, 15) is 9.59 Å². The number of nitrogens with zero attached hydrogens (tertiary/aromatic N) is 1. The van der Waals surface area contributed by atoms with Gasteiger partial charge in [0.1, 0.15) is 5.92 Å². The second kappa shape index (κ2) is 4.49. The second-order valence-electron chi connectivity index (χ2n) is 4.07. The molecule has 5 heteroatoms. The van der Waals surface area contributed by atoms with Crippen LogP contribution in [0.25, 0.3) is 0 Å². The molecule has 0 spiro atoms. The summed E-state index contributed by atoms with van der Waals surface area (Å²) in [5.74, 6) is -2.43. The number of carboxylic acids is 1. The van der Waals surface area contributed by atoms with Crippen molar-refractivity contribution in [2.24, 2.45) is 5.92 Å². The molecule has 1 aromatic carbocycles. The number of fused-ring (bicyclic) bond motifs is 1. The molecule has 1 heterocycles. The Bertz CT molecular complexity index is 487. The SMILES string of the molecule is CC(C(=O)O)C(=O)N1CCc2cc(Br)ccc21. The Hall–Kier alpha value is -1.36. The molecule has 2 rings (SSSR count). The van der Waals surface area contributed by atoms with Gasteiger partial charge in [-0.25, -0.2) is 0 Å². The molecular weight excluding hydrogens is 286 g/mol. The number of amides is 1. The van der Waals surface area contributed by atoms with Crippen LogP contribution in [0, 0.1) is 5.92 Å². The lowest BCUT2D eigenvalue weighted by Gasteiger charge is -2.19. The summed E-state index contributed by atoms with van der Waals surface area (Å²) in [5, 5.41) is 8.85. The van der Waals surface area contributed by atoms with Crippen molar-refractivity contribution in [3.05, 3.63) is 28.2 Å². The number of rotatable bonds is 2. The van der Waals surface area contributed by atoms with Gasteiger partial charge in [-0.2, -0.15) is 0 Å². The fourth-order valence-electron chi connectivity index (χ4n) is 1.94. The fourth-order valence-corrected chi connectivity index (χ4v) is 2.35. The summed E-state index contributed by atoms with van der Waals surface area (Å²) < 4.78 is 0.969. The van der Waals surface area contributed by atoms with Gasteiger partial charge in [0.05, 0.1) is 0 Å². The van der Waals surface area contributed by atoms with Crippen molar-refractivity contribution in [3.63, 3.8) is 0 Å². The summed E-state index contributed by atoms with van der Waals surface area (Å²) in [6, 6.07) is 5.67. The Labute approximate surface area is 107 Å². The standard InChI is InChI=1S/C12H12BrNO3/c1-7(12(16)17)11(15)14-5-4-8-6-9(13)2-3-10(8)14/h2-3,6-7H,4-5H2,1H3,(H,16,17). The zero-order valence-electron chi connectivity index (χ0n) is 9.31.